The van der Waals surface area contributed by atoms with Crippen LogP contribution in [0.4, 0.5) is 10.3 Å². The second-order valence-corrected chi connectivity index (χ2v) is 6.37. The highest BCUT2D eigenvalue weighted by atomic mass is 19.1. The van der Waals surface area contributed by atoms with Gasteiger partial charge in [0.15, 0.2) is 0 Å². The second kappa shape index (κ2) is 7.56. The van der Waals surface area contributed by atoms with Crippen LogP contribution < -0.4 is 5.32 Å². The van der Waals surface area contributed by atoms with E-state index in [0.717, 1.165) is 33.6 Å². The number of nitrogens with one attached hydrogen (secondary N) is 1. The Kier molecular flexibility index (Phi) is 4.80. The second-order valence-electron chi connectivity index (χ2n) is 6.37. The standard InChI is InChI=1S/C21H18FN5O/c1-13-19(14(2)28-27-13)20-18(16-6-8-23-9-7-16)12-25-21(26-20)24-11-15-4-3-5-17(22)10-15/h3-10,12H,11H2,1-2H3,(H,24,25,26). The van der Waals surface area contributed by atoms with Gasteiger partial charge in [0.25, 0.3) is 0 Å². The highest BCUT2D eigenvalue weighted by molar-refractivity contribution is 5.82. The average molecular weight is 375 g/mol. The Hall–Kier alpha value is -3.61. The summed E-state index contributed by atoms with van der Waals surface area (Å²) in [7, 11) is 0. The maximum atomic E-state index is 13.4. The van der Waals surface area contributed by atoms with Crippen molar-refractivity contribution in [2.24, 2.45) is 0 Å². The van der Waals surface area contributed by atoms with E-state index in [1.165, 1.54) is 12.1 Å². The van der Waals surface area contributed by atoms with Gasteiger partial charge in [0.05, 0.1) is 17.0 Å². The zero-order valence-electron chi connectivity index (χ0n) is 15.5. The zero-order valence-corrected chi connectivity index (χ0v) is 15.5. The molecule has 3 heterocycles. The first-order valence-corrected chi connectivity index (χ1v) is 8.81. The van der Waals surface area contributed by atoms with Crippen LogP contribution in [-0.2, 0) is 6.54 Å². The largest absolute Gasteiger partial charge is 0.361 e. The van der Waals surface area contributed by atoms with Crippen molar-refractivity contribution >= 4 is 5.95 Å². The minimum atomic E-state index is -0.273. The number of halogens is 1. The number of hydrogen-bond donors (Lipinski definition) is 1. The number of aryl methyl sites for hydroxylation is 2. The normalized spacial score (nSPS) is 10.8. The number of aromatic nitrogens is 4. The molecule has 4 aromatic rings. The lowest BCUT2D eigenvalue weighted by molar-refractivity contribution is 0.393. The van der Waals surface area contributed by atoms with Crippen LogP contribution in [0.3, 0.4) is 0 Å². The summed E-state index contributed by atoms with van der Waals surface area (Å²) in [5.41, 5.74) is 4.92. The Labute approximate surface area is 161 Å². The van der Waals surface area contributed by atoms with Crippen LogP contribution in [0.15, 0.2) is 59.5 Å². The Morgan fingerprint density at radius 2 is 1.93 bits per heavy atom. The van der Waals surface area contributed by atoms with E-state index in [-0.39, 0.29) is 5.82 Å². The molecule has 0 fully saturated rings. The SMILES string of the molecule is Cc1noc(C)c1-c1nc(NCc2cccc(F)c2)ncc1-c1ccncc1. The summed E-state index contributed by atoms with van der Waals surface area (Å²) < 4.78 is 18.7. The average Bonchev–Trinajstić information content (AvgIpc) is 3.05. The molecule has 0 unspecified atom stereocenters. The molecule has 1 aromatic carbocycles. The van der Waals surface area contributed by atoms with Crippen molar-refractivity contribution in [3.63, 3.8) is 0 Å². The molecular weight excluding hydrogens is 357 g/mol. The van der Waals surface area contributed by atoms with Gasteiger partial charge in [-0.1, -0.05) is 17.3 Å². The van der Waals surface area contributed by atoms with E-state index < -0.39 is 0 Å². The molecule has 6 nitrogen and oxygen atoms in total. The quantitative estimate of drug-likeness (QED) is 0.551. The van der Waals surface area contributed by atoms with E-state index in [1.54, 1.807) is 24.7 Å². The molecule has 3 aromatic heterocycles. The fraction of sp³-hybridized carbons (Fsp3) is 0.143. The van der Waals surface area contributed by atoms with Crippen molar-refractivity contribution in [3.05, 3.63) is 77.8 Å². The van der Waals surface area contributed by atoms with Crippen LogP contribution in [0.25, 0.3) is 22.4 Å². The molecule has 0 spiro atoms. The molecule has 1 N–H and O–H groups in total. The van der Waals surface area contributed by atoms with Gasteiger partial charge < -0.3 is 9.84 Å². The molecule has 0 radical (unpaired) electrons. The van der Waals surface area contributed by atoms with E-state index in [1.807, 2.05) is 32.0 Å². The van der Waals surface area contributed by atoms with Crippen LogP contribution in [0, 0.1) is 19.7 Å². The fourth-order valence-corrected chi connectivity index (χ4v) is 3.05. The number of anilines is 1. The molecule has 4 rings (SSSR count). The third-order valence-electron chi connectivity index (χ3n) is 4.39. The Balaban J connectivity index is 1.73. The molecular formula is C21H18FN5O. The molecule has 0 amide bonds. The van der Waals surface area contributed by atoms with Gasteiger partial charge in [-0.25, -0.2) is 14.4 Å². The van der Waals surface area contributed by atoms with Crippen LogP contribution in [0.2, 0.25) is 0 Å². The first-order valence-electron chi connectivity index (χ1n) is 8.81. The van der Waals surface area contributed by atoms with Gasteiger partial charge in [-0.05, 0) is 49.2 Å². The van der Waals surface area contributed by atoms with Crippen molar-refractivity contribution in [3.8, 4) is 22.4 Å². The molecule has 0 aliphatic rings. The van der Waals surface area contributed by atoms with Gasteiger partial charge in [0, 0.05) is 30.7 Å². The number of benzene rings is 1. The summed E-state index contributed by atoms with van der Waals surface area (Å²) in [6.07, 6.45) is 5.21. The monoisotopic (exact) mass is 375 g/mol. The predicted octanol–water partition coefficient (Wildman–Crippen LogP) is 4.56. The topological polar surface area (TPSA) is 76.7 Å². The smallest absolute Gasteiger partial charge is 0.223 e. The van der Waals surface area contributed by atoms with Gasteiger partial charge in [0.1, 0.15) is 11.6 Å². The predicted molar refractivity (Wildman–Crippen MR) is 104 cm³/mol. The van der Waals surface area contributed by atoms with Crippen molar-refractivity contribution < 1.29 is 8.91 Å². The molecule has 28 heavy (non-hydrogen) atoms. The Morgan fingerprint density at radius 3 is 2.64 bits per heavy atom. The van der Waals surface area contributed by atoms with E-state index >= 15 is 0 Å². The van der Waals surface area contributed by atoms with Gasteiger partial charge >= 0.3 is 0 Å². The van der Waals surface area contributed by atoms with E-state index in [4.69, 9.17) is 9.51 Å². The lowest BCUT2D eigenvalue weighted by atomic mass is 10.0. The van der Waals surface area contributed by atoms with Crippen molar-refractivity contribution in [2.45, 2.75) is 20.4 Å². The number of nitrogens with zero attached hydrogens (tertiary/aromatic N) is 4. The summed E-state index contributed by atoms with van der Waals surface area (Å²) in [5, 5.41) is 7.21. The maximum Gasteiger partial charge on any atom is 0.223 e. The number of rotatable bonds is 5. The maximum absolute atomic E-state index is 13.4. The van der Waals surface area contributed by atoms with Crippen LogP contribution in [0.1, 0.15) is 17.0 Å². The summed E-state index contributed by atoms with van der Waals surface area (Å²) in [6.45, 7) is 4.14. The minimum absolute atomic E-state index is 0.273. The van der Waals surface area contributed by atoms with E-state index in [9.17, 15) is 4.39 Å². The van der Waals surface area contributed by atoms with Crippen LogP contribution in [0.5, 0.6) is 0 Å². The highest BCUT2D eigenvalue weighted by Crippen LogP contribution is 2.34. The molecule has 0 aliphatic heterocycles. The molecule has 7 heteroatoms. The Bertz CT molecular complexity index is 1090. The molecule has 0 saturated heterocycles. The highest BCUT2D eigenvalue weighted by Gasteiger charge is 2.19. The van der Waals surface area contributed by atoms with Gasteiger partial charge in [-0.15, -0.1) is 0 Å². The lowest BCUT2D eigenvalue weighted by Gasteiger charge is -2.11. The molecule has 0 atom stereocenters. The molecule has 0 aliphatic carbocycles. The third-order valence-corrected chi connectivity index (χ3v) is 4.39. The zero-order chi connectivity index (χ0) is 19.5. The molecule has 140 valence electrons. The first-order chi connectivity index (χ1) is 13.6. The molecule has 0 saturated carbocycles. The third kappa shape index (κ3) is 3.59. The van der Waals surface area contributed by atoms with Crippen LogP contribution >= 0.6 is 0 Å². The summed E-state index contributed by atoms with van der Waals surface area (Å²) >= 11 is 0. The molecule has 0 bridgehead atoms. The lowest BCUT2D eigenvalue weighted by Crippen LogP contribution is -2.05. The first kappa shape index (κ1) is 17.8. The summed E-state index contributed by atoms with van der Waals surface area (Å²) in [6, 6.07) is 10.2. The summed E-state index contributed by atoms with van der Waals surface area (Å²) in [4.78, 5) is 13.2. The van der Waals surface area contributed by atoms with Crippen molar-refractivity contribution in [1.82, 2.24) is 20.1 Å². The van der Waals surface area contributed by atoms with Crippen molar-refractivity contribution in [1.29, 1.82) is 0 Å². The van der Waals surface area contributed by atoms with E-state index in [0.29, 0.717) is 18.3 Å². The van der Waals surface area contributed by atoms with E-state index in [2.05, 4.69) is 20.4 Å². The minimum Gasteiger partial charge on any atom is -0.361 e. The van der Waals surface area contributed by atoms with Gasteiger partial charge in [0.2, 0.25) is 5.95 Å². The fourth-order valence-electron chi connectivity index (χ4n) is 3.05. The Morgan fingerprint density at radius 1 is 1.11 bits per heavy atom. The van der Waals surface area contributed by atoms with Gasteiger partial charge in [-0.3, -0.25) is 4.98 Å². The number of hydrogen-bond acceptors (Lipinski definition) is 6. The van der Waals surface area contributed by atoms with Gasteiger partial charge in [-0.2, -0.15) is 0 Å². The summed E-state index contributed by atoms with van der Waals surface area (Å²) in [5.74, 6) is 0.851. The number of pyridine rings is 1. The van der Waals surface area contributed by atoms with Crippen molar-refractivity contribution in [2.75, 3.05) is 5.32 Å². The van der Waals surface area contributed by atoms with Crippen LogP contribution in [-0.4, -0.2) is 20.1 Å².